The SMILES string of the molecule is C#Cc1cccc(C2C(C(=O)OCC)=C(C=O)N=C(C)C2C(=O)OCC)c1. The lowest BCUT2D eigenvalue weighted by Crippen LogP contribution is -2.37. The first-order valence-corrected chi connectivity index (χ1v) is 8.63. The van der Waals surface area contributed by atoms with E-state index in [1.165, 1.54) is 0 Å². The Kier molecular flexibility index (Phi) is 6.67. The van der Waals surface area contributed by atoms with Crippen LogP contribution in [0, 0.1) is 18.3 Å². The second-order valence-corrected chi connectivity index (χ2v) is 5.87. The zero-order valence-electron chi connectivity index (χ0n) is 15.5. The summed E-state index contributed by atoms with van der Waals surface area (Å²) in [6, 6.07) is 6.92. The van der Waals surface area contributed by atoms with E-state index >= 15 is 0 Å². The van der Waals surface area contributed by atoms with Gasteiger partial charge in [-0.2, -0.15) is 0 Å². The number of hydrogen-bond acceptors (Lipinski definition) is 6. The highest BCUT2D eigenvalue weighted by molar-refractivity contribution is 6.09. The molecule has 6 heteroatoms. The number of rotatable bonds is 6. The van der Waals surface area contributed by atoms with Gasteiger partial charge in [-0.15, -0.1) is 6.42 Å². The Balaban J connectivity index is 2.72. The van der Waals surface area contributed by atoms with E-state index in [-0.39, 0.29) is 24.5 Å². The van der Waals surface area contributed by atoms with Crippen molar-refractivity contribution < 1.29 is 23.9 Å². The van der Waals surface area contributed by atoms with Gasteiger partial charge in [0.05, 0.1) is 18.8 Å². The lowest BCUT2D eigenvalue weighted by molar-refractivity contribution is -0.146. The molecule has 1 aliphatic rings. The van der Waals surface area contributed by atoms with Crippen molar-refractivity contribution in [3.05, 3.63) is 46.7 Å². The summed E-state index contributed by atoms with van der Waals surface area (Å²) in [7, 11) is 0. The zero-order valence-corrected chi connectivity index (χ0v) is 15.5. The molecule has 1 heterocycles. The lowest BCUT2D eigenvalue weighted by Gasteiger charge is -2.31. The van der Waals surface area contributed by atoms with Crippen molar-refractivity contribution in [1.82, 2.24) is 0 Å². The van der Waals surface area contributed by atoms with E-state index in [0.29, 0.717) is 23.1 Å². The van der Waals surface area contributed by atoms with Gasteiger partial charge in [-0.3, -0.25) is 14.6 Å². The Labute approximate surface area is 158 Å². The quantitative estimate of drug-likeness (QED) is 0.438. The first-order valence-electron chi connectivity index (χ1n) is 8.63. The molecule has 0 spiro atoms. The molecule has 0 fully saturated rings. The van der Waals surface area contributed by atoms with Crippen LogP contribution in [0.15, 0.2) is 40.5 Å². The predicted molar refractivity (Wildman–Crippen MR) is 100 cm³/mol. The van der Waals surface area contributed by atoms with E-state index in [2.05, 4.69) is 10.9 Å². The van der Waals surface area contributed by atoms with Crippen molar-refractivity contribution in [2.75, 3.05) is 13.2 Å². The summed E-state index contributed by atoms with van der Waals surface area (Å²) in [5.74, 6) is -0.330. The van der Waals surface area contributed by atoms with Gasteiger partial charge in [-0.05, 0) is 38.5 Å². The van der Waals surface area contributed by atoms with Gasteiger partial charge in [-0.25, -0.2) is 4.79 Å². The number of terminal acetylenes is 1. The molecule has 2 atom stereocenters. The molecular formula is C21H21NO5. The van der Waals surface area contributed by atoms with E-state index in [1.807, 2.05) is 0 Å². The highest BCUT2D eigenvalue weighted by atomic mass is 16.5. The number of hydrogen-bond donors (Lipinski definition) is 0. The summed E-state index contributed by atoms with van der Waals surface area (Å²) < 4.78 is 10.3. The molecule has 140 valence electrons. The monoisotopic (exact) mass is 367 g/mol. The summed E-state index contributed by atoms with van der Waals surface area (Å²) in [4.78, 5) is 41.1. The van der Waals surface area contributed by atoms with Crippen LogP contribution in [0.1, 0.15) is 37.8 Å². The molecule has 0 bridgehead atoms. The van der Waals surface area contributed by atoms with Crippen LogP contribution in [0.3, 0.4) is 0 Å². The molecule has 2 unspecified atom stereocenters. The van der Waals surface area contributed by atoms with Crippen LogP contribution in [0.5, 0.6) is 0 Å². The normalized spacial score (nSPS) is 19.0. The molecule has 1 aromatic rings. The van der Waals surface area contributed by atoms with E-state index in [4.69, 9.17) is 15.9 Å². The second kappa shape index (κ2) is 8.95. The van der Waals surface area contributed by atoms with E-state index in [9.17, 15) is 14.4 Å². The number of carbonyl (C=O) groups is 3. The molecule has 0 amide bonds. The minimum absolute atomic E-state index is 0.0321. The topological polar surface area (TPSA) is 82.0 Å². The smallest absolute Gasteiger partial charge is 0.336 e. The first kappa shape index (κ1) is 20.1. The third-order valence-corrected chi connectivity index (χ3v) is 4.23. The van der Waals surface area contributed by atoms with Gasteiger partial charge in [0.15, 0.2) is 6.29 Å². The van der Waals surface area contributed by atoms with Gasteiger partial charge in [0.2, 0.25) is 0 Å². The minimum atomic E-state index is -0.860. The van der Waals surface area contributed by atoms with Crippen LogP contribution < -0.4 is 0 Å². The average Bonchev–Trinajstić information content (AvgIpc) is 2.67. The summed E-state index contributed by atoms with van der Waals surface area (Å²) in [6.45, 7) is 5.29. The number of allylic oxidation sites excluding steroid dienone is 1. The number of aldehydes is 1. The van der Waals surface area contributed by atoms with Crippen LogP contribution in [-0.4, -0.2) is 37.2 Å². The number of nitrogens with zero attached hydrogens (tertiary/aromatic N) is 1. The van der Waals surface area contributed by atoms with E-state index in [1.54, 1.807) is 45.0 Å². The van der Waals surface area contributed by atoms with Crippen LogP contribution in [-0.2, 0) is 23.9 Å². The van der Waals surface area contributed by atoms with Crippen LogP contribution in [0.25, 0.3) is 0 Å². The number of carbonyl (C=O) groups excluding carboxylic acids is 3. The molecule has 27 heavy (non-hydrogen) atoms. The fraction of sp³-hybridized carbons (Fsp3) is 0.333. The van der Waals surface area contributed by atoms with Crippen LogP contribution in [0.2, 0.25) is 0 Å². The molecule has 1 aromatic carbocycles. The maximum absolute atomic E-state index is 12.7. The molecule has 0 aromatic heterocycles. The average molecular weight is 367 g/mol. The number of benzene rings is 1. The third-order valence-electron chi connectivity index (χ3n) is 4.23. The van der Waals surface area contributed by atoms with Gasteiger partial charge < -0.3 is 9.47 Å². The Hall–Kier alpha value is -3.20. The Morgan fingerprint density at radius 1 is 1.26 bits per heavy atom. The van der Waals surface area contributed by atoms with Crippen molar-refractivity contribution in [2.24, 2.45) is 10.9 Å². The van der Waals surface area contributed by atoms with Crippen molar-refractivity contribution >= 4 is 23.9 Å². The summed E-state index contributed by atoms with van der Waals surface area (Å²) in [5, 5.41) is 0. The maximum Gasteiger partial charge on any atom is 0.336 e. The molecule has 1 aliphatic heterocycles. The van der Waals surface area contributed by atoms with Crippen LogP contribution >= 0.6 is 0 Å². The van der Waals surface area contributed by atoms with Gasteiger partial charge in [-0.1, -0.05) is 18.1 Å². The fourth-order valence-corrected chi connectivity index (χ4v) is 3.14. The highest BCUT2D eigenvalue weighted by Crippen LogP contribution is 2.40. The third kappa shape index (κ3) is 4.14. The standard InChI is InChI=1S/C21H21NO5/c1-5-14-9-8-10-15(11-14)18-17(20(24)26-6-2)13(4)22-16(12-23)19(18)21(25)27-7-3/h1,8-12,17-18H,6-7H2,2-4H3. The fourth-order valence-electron chi connectivity index (χ4n) is 3.14. The van der Waals surface area contributed by atoms with Gasteiger partial charge in [0.1, 0.15) is 11.6 Å². The van der Waals surface area contributed by atoms with Gasteiger partial charge >= 0.3 is 11.9 Å². The minimum Gasteiger partial charge on any atom is -0.465 e. The second-order valence-electron chi connectivity index (χ2n) is 5.87. The zero-order chi connectivity index (χ0) is 20.0. The molecule has 2 rings (SSSR count). The maximum atomic E-state index is 12.7. The van der Waals surface area contributed by atoms with Crippen molar-refractivity contribution in [3.63, 3.8) is 0 Å². The van der Waals surface area contributed by atoms with E-state index < -0.39 is 23.8 Å². The number of ether oxygens (including phenoxy) is 2. The molecule has 0 N–H and O–H groups in total. The van der Waals surface area contributed by atoms with Crippen molar-refractivity contribution in [2.45, 2.75) is 26.7 Å². The molecule has 0 radical (unpaired) electrons. The van der Waals surface area contributed by atoms with Gasteiger partial charge in [0, 0.05) is 17.2 Å². The number of esters is 2. The summed E-state index contributed by atoms with van der Waals surface area (Å²) in [6.07, 6.45) is 5.98. The molecule has 0 saturated carbocycles. The summed E-state index contributed by atoms with van der Waals surface area (Å²) in [5.41, 5.74) is 1.57. The lowest BCUT2D eigenvalue weighted by atomic mass is 9.75. The van der Waals surface area contributed by atoms with Crippen molar-refractivity contribution in [3.8, 4) is 12.3 Å². The first-order chi connectivity index (χ1) is 13.0. The van der Waals surface area contributed by atoms with Gasteiger partial charge in [0.25, 0.3) is 0 Å². The molecule has 0 saturated heterocycles. The predicted octanol–water partition coefficient (Wildman–Crippen LogP) is 2.42. The Bertz CT molecular complexity index is 860. The van der Waals surface area contributed by atoms with E-state index in [0.717, 1.165) is 0 Å². The molecular weight excluding hydrogens is 346 g/mol. The largest absolute Gasteiger partial charge is 0.465 e. The summed E-state index contributed by atoms with van der Waals surface area (Å²) >= 11 is 0. The Morgan fingerprint density at radius 2 is 1.96 bits per heavy atom. The molecule has 0 aliphatic carbocycles. The Morgan fingerprint density at radius 3 is 2.56 bits per heavy atom. The molecule has 6 nitrogen and oxygen atoms in total. The number of aliphatic imine (C=N–C) groups is 1. The van der Waals surface area contributed by atoms with Crippen LogP contribution in [0.4, 0.5) is 0 Å². The van der Waals surface area contributed by atoms with Crippen molar-refractivity contribution in [1.29, 1.82) is 0 Å². The highest BCUT2D eigenvalue weighted by Gasteiger charge is 2.43.